The summed E-state index contributed by atoms with van der Waals surface area (Å²) in [7, 11) is 0. The molecule has 0 unspecified atom stereocenters. The fraction of sp³-hybridized carbons (Fsp3) is 0.583. The number of hydrogen-bond acceptors (Lipinski definition) is 5. The van der Waals surface area contributed by atoms with E-state index in [2.05, 4.69) is 5.32 Å². The molecule has 0 aromatic carbocycles. The largest absolute Gasteiger partial charge is 0.336 e. The summed E-state index contributed by atoms with van der Waals surface area (Å²) in [5.74, 6) is -2.63. The standard InChI is InChI=1S/C12H16N4O5/c1-2-3-5-15-9(18)10(19)16(12(15)21)7-8(17)14-6-4-13-11(14)20/h2-7H2,1H3,(H,13,20). The second-order valence-corrected chi connectivity index (χ2v) is 4.76. The minimum absolute atomic E-state index is 0.148. The lowest BCUT2D eigenvalue weighted by atomic mass is 10.3. The van der Waals surface area contributed by atoms with Gasteiger partial charge in [-0.05, 0) is 6.42 Å². The van der Waals surface area contributed by atoms with Gasteiger partial charge in [-0.2, -0.15) is 0 Å². The number of imide groups is 3. The van der Waals surface area contributed by atoms with E-state index in [0.717, 1.165) is 16.2 Å². The van der Waals surface area contributed by atoms with Crippen molar-refractivity contribution in [3.05, 3.63) is 0 Å². The number of nitrogens with zero attached hydrogens (tertiary/aromatic N) is 3. The minimum atomic E-state index is -1.02. The van der Waals surface area contributed by atoms with E-state index in [-0.39, 0.29) is 13.1 Å². The summed E-state index contributed by atoms with van der Waals surface area (Å²) < 4.78 is 0. The lowest BCUT2D eigenvalue weighted by Gasteiger charge is -2.17. The van der Waals surface area contributed by atoms with E-state index in [4.69, 9.17) is 0 Å². The first-order valence-electron chi connectivity index (χ1n) is 6.73. The molecule has 1 N–H and O–H groups in total. The van der Waals surface area contributed by atoms with Crippen LogP contribution < -0.4 is 5.32 Å². The Bertz CT molecular complexity index is 518. The predicted octanol–water partition coefficient (Wildman–Crippen LogP) is -0.871. The van der Waals surface area contributed by atoms with Gasteiger partial charge in [-0.15, -0.1) is 0 Å². The van der Waals surface area contributed by atoms with Crippen LogP contribution >= 0.6 is 0 Å². The van der Waals surface area contributed by atoms with Crippen molar-refractivity contribution in [1.82, 2.24) is 20.0 Å². The van der Waals surface area contributed by atoms with Gasteiger partial charge in [0.25, 0.3) is 5.91 Å². The van der Waals surface area contributed by atoms with Gasteiger partial charge in [0.1, 0.15) is 6.54 Å². The Morgan fingerprint density at radius 3 is 2.38 bits per heavy atom. The molecule has 0 radical (unpaired) electrons. The van der Waals surface area contributed by atoms with Gasteiger partial charge in [0.2, 0.25) is 0 Å². The Labute approximate surface area is 120 Å². The summed E-state index contributed by atoms with van der Waals surface area (Å²) in [6, 6.07) is -1.36. The number of hydrogen-bond donors (Lipinski definition) is 1. The third-order valence-corrected chi connectivity index (χ3v) is 3.32. The molecule has 0 atom stereocenters. The quantitative estimate of drug-likeness (QED) is 0.524. The zero-order chi connectivity index (χ0) is 15.6. The molecular formula is C12H16N4O5. The highest BCUT2D eigenvalue weighted by Crippen LogP contribution is 2.13. The van der Waals surface area contributed by atoms with Gasteiger partial charge in [0.15, 0.2) is 0 Å². The molecule has 2 fully saturated rings. The number of unbranched alkanes of at least 4 members (excludes halogenated alkanes) is 1. The molecule has 0 aromatic rings. The monoisotopic (exact) mass is 296 g/mol. The number of rotatable bonds is 5. The molecule has 9 heteroatoms. The first kappa shape index (κ1) is 14.9. The van der Waals surface area contributed by atoms with Crippen molar-refractivity contribution < 1.29 is 24.0 Å². The molecule has 9 nitrogen and oxygen atoms in total. The van der Waals surface area contributed by atoms with Crippen LogP contribution in [0.4, 0.5) is 9.59 Å². The third-order valence-electron chi connectivity index (χ3n) is 3.32. The summed E-state index contributed by atoms with van der Waals surface area (Å²) in [4.78, 5) is 61.1. The van der Waals surface area contributed by atoms with Gasteiger partial charge in [0, 0.05) is 19.6 Å². The van der Waals surface area contributed by atoms with Crippen LogP contribution in [-0.2, 0) is 14.4 Å². The van der Waals surface area contributed by atoms with Crippen LogP contribution in [0.3, 0.4) is 0 Å². The first-order chi connectivity index (χ1) is 9.97. The summed E-state index contributed by atoms with van der Waals surface area (Å²) in [5, 5.41) is 2.44. The van der Waals surface area contributed by atoms with Gasteiger partial charge < -0.3 is 5.32 Å². The molecule has 2 rings (SSSR count). The Morgan fingerprint density at radius 1 is 1.14 bits per heavy atom. The van der Waals surface area contributed by atoms with Crippen LogP contribution in [0.2, 0.25) is 0 Å². The first-order valence-corrected chi connectivity index (χ1v) is 6.73. The Morgan fingerprint density at radius 2 is 1.81 bits per heavy atom. The molecule has 2 saturated heterocycles. The molecule has 21 heavy (non-hydrogen) atoms. The molecule has 0 spiro atoms. The summed E-state index contributed by atoms with van der Waals surface area (Å²) in [6.07, 6.45) is 1.35. The van der Waals surface area contributed by atoms with E-state index < -0.39 is 36.3 Å². The topological polar surface area (TPSA) is 107 Å². The molecule has 0 aromatic heterocycles. The van der Waals surface area contributed by atoms with Crippen LogP contribution in [0.5, 0.6) is 0 Å². The minimum Gasteiger partial charge on any atom is -0.336 e. The lowest BCUT2D eigenvalue weighted by Crippen LogP contribution is -2.44. The molecule has 2 heterocycles. The number of carbonyl (C=O) groups is 5. The Kier molecular flexibility index (Phi) is 4.20. The van der Waals surface area contributed by atoms with E-state index in [1.165, 1.54) is 0 Å². The molecule has 0 aliphatic carbocycles. The molecule has 0 bridgehead atoms. The van der Waals surface area contributed by atoms with E-state index in [0.29, 0.717) is 17.9 Å². The highest BCUT2D eigenvalue weighted by Gasteiger charge is 2.45. The van der Waals surface area contributed by atoms with Gasteiger partial charge in [-0.25, -0.2) is 14.5 Å². The van der Waals surface area contributed by atoms with E-state index in [1.807, 2.05) is 6.92 Å². The van der Waals surface area contributed by atoms with Crippen molar-refractivity contribution in [2.24, 2.45) is 0 Å². The van der Waals surface area contributed by atoms with Crippen molar-refractivity contribution in [3.63, 3.8) is 0 Å². The molecule has 2 aliphatic heterocycles. The predicted molar refractivity (Wildman–Crippen MR) is 68.8 cm³/mol. The van der Waals surface area contributed by atoms with Crippen LogP contribution in [0, 0.1) is 0 Å². The fourth-order valence-corrected chi connectivity index (χ4v) is 2.13. The van der Waals surface area contributed by atoms with Crippen LogP contribution in [0.15, 0.2) is 0 Å². The van der Waals surface area contributed by atoms with E-state index in [1.54, 1.807) is 0 Å². The Hall–Kier alpha value is -2.45. The third kappa shape index (κ3) is 2.71. The van der Waals surface area contributed by atoms with E-state index >= 15 is 0 Å². The second-order valence-electron chi connectivity index (χ2n) is 4.76. The average molecular weight is 296 g/mol. The van der Waals surface area contributed by atoms with Crippen molar-refractivity contribution in [2.75, 3.05) is 26.2 Å². The summed E-state index contributed by atoms with van der Waals surface area (Å²) in [6.45, 7) is 1.95. The second kappa shape index (κ2) is 5.90. The van der Waals surface area contributed by atoms with Crippen molar-refractivity contribution >= 4 is 29.8 Å². The van der Waals surface area contributed by atoms with Crippen molar-refractivity contribution in [3.8, 4) is 0 Å². The van der Waals surface area contributed by atoms with Gasteiger partial charge in [-0.1, -0.05) is 13.3 Å². The smallest absolute Gasteiger partial charge is 0.334 e. The lowest BCUT2D eigenvalue weighted by molar-refractivity contribution is -0.144. The number of urea groups is 2. The number of nitrogens with one attached hydrogen (secondary N) is 1. The van der Waals surface area contributed by atoms with Crippen LogP contribution in [0.25, 0.3) is 0 Å². The highest BCUT2D eigenvalue weighted by molar-refractivity contribution is 6.45. The van der Waals surface area contributed by atoms with E-state index in [9.17, 15) is 24.0 Å². The molecule has 114 valence electrons. The SMILES string of the molecule is CCCCN1C(=O)C(=O)N(CC(=O)N2CCNC2=O)C1=O. The van der Waals surface area contributed by atoms with Crippen LogP contribution in [-0.4, -0.2) is 70.7 Å². The van der Waals surface area contributed by atoms with Crippen molar-refractivity contribution in [2.45, 2.75) is 19.8 Å². The van der Waals surface area contributed by atoms with Gasteiger partial charge in [-0.3, -0.25) is 24.2 Å². The zero-order valence-corrected chi connectivity index (χ0v) is 11.6. The highest BCUT2D eigenvalue weighted by atomic mass is 16.2. The molecule has 2 aliphatic rings. The van der Waals surface area contributed by atoms with Gasteiger partial charge >= 0.3 is 23.9 Å². The average Bonchev–Trinajstić information content (AvgIpc) is 2.96. The molecular weight excluding hydrogens is 280 g/mol. The fourth-order valence-electron chi connectivity index (χ4n) is 2.13. The maximum absolute atomic E-state index is 12.0. The van der Waals surface area contributed by atoms with Gasteiger partial charge in [0.05, 0.1) is 0 Å². The van der Waals surface area contributed by atoms with Crippen molar-refractivity contribution in [1.29, 1.82) is 0 Å². The Balaban J connectivity index is 2.04. The maximum atomic E-state index is 12.0. The number of carbonyl (C=O) groups excluding carboxylic acids is 5. The number of amides is 7. The zero-order valence-electron chi connectivity index (χ0n) is 11.6. The normalized spacial score (nSPS) is 18.8. The summed E-state index contributed by atoms with van der Waals surface area (Å²) >= 11 is 0. The summed E-state index contributed by atoms with van der Waals surface area (Å²) in [5.41, 5.74) is 0. The van der Waals surface area contributed by atoms with Crippen LogP contribution in [0.1, 0.15) is 19.8 Å². The maximum Gasteiger partial charge on any atom is 0.334 e. The molecule has 0 saturated carbocycles. The molecule has 7 amide bonds.